The molecular weight excluding hydrogens is 381 g/mol. The topological polar surface area (TPSA) is 89.9 Å². The van der Waals surface area contributed by atoms with E-state index < -0.39 is 5.60 Å². The Kier molecular flexibility index (Phi) is 5.67. The van der Waals surface area contributed by atoms with Gasteiger partial charge in [0.15, 0.2) is 22.8 Å². The van der Waals surface area contributed by atoms with Gasteiger partial charge in [-0.2, -0.15) is 0 Å². The van der Waals surface area contributed by atoms with E-state index in [9.17, 15) is 9.50 Å². The van der Waals surface area contributed by atoms with Gasteiger partial charge in [-0.3, -0.25) is 0 Å². The normalized spacial score (nSPS) is 16.0. The average molecular weight is 404 g/mol. The number of rotatable bonds is 4. The van der Waals surface area contributed by atoms with Gasteiger partial charge < -0.3 is 15.4 Å². The summed E-state index contributed by atoms with van der Waals surface area (Å²) >= 11 is 0. The van der Waals surface area contributed by atoms with Gasteiger partial charge in [0, 0.05) is 12.1 Å². The fraction of sp³-hybridized carbons (Fsp3) is 0.350. The van der Waals surface area contributed by atoms with Crippen LogP contribution in [0.5, 0.6) is 0 Å². The molecule has 1 aliphatic rings. The van der Waals surface area contributed by atoms with E-state index >= 15 is 0 Å². The summed E-state index contributed by atoms with van der Waals surface area (Å²) in [6, 6.07) is 6.28. The molecule has 3 aromatic rings. The third-order valence-corrected chi connectivity index (χ3v) is 5.05. The second-order valence-corrected chi connectivity index (χ2v) is 6.97. The summed E-state index contributed by atoms with van der Waals surface area (Å²) in [7, 11) is 0. The fourth-order valence-corrected chi connectivity index (χ4v) is 3.64. The van der Waals surface area contributed by atoms with Crippen molar-refractivity contribution in [3.63, 3.8) is 0 Å². The smallest absolute Gasteiger partial charge is 0.166 e. The van der Waals surface area contributed by atoms with Crippen molar-refractivity contribution in [2.45, 2.75) is 44.8 Å². The lowest BCUT2D eigenvalue weighted by Gasteiger charge is -2.16. The van der Waals surface area contributed by atoms with Gasteiger partial charge in [-0.25, -0.2) is 19.3 Å². The maximum absolute atomic E-state index is 13.6. The number of benzene rings is 1. The molecule has 0 aliphatic heterocycles. The van der Waals surface area contributed by atoms with Crippen molar-refractivity contribution in [3.8, 4) is 11.4 Å². The van der Waals surface area contributed by atoms with Crippen LogP contribution in [0, 0.1) is 5.82 Å². The highest BCUT2D eigenvalue weighted by Crippen LogP contribution is 2.31. The number of aliphatic hydroxyl groups is 1. The number of nitrogen functional groups attached to an aromatic ring is 1. The SMILES string of the molecule is CCn1c(-c2cccc(F)c2)nc2c(N)nc(/C=C/C3(O)CCCC3)nc21.Cl. The Balaban J connectivity index is 0.00000225. The molecule has 1 aliphatic carbocycles. The summed E-state index contributed by atoms with van der Waals surface area (Å²) in [6.45, 7) is 2.57. The monoisotopic (exact) mass is 403 g/mol. The average Bonchev–Trinajstić information content (AvgIpc) is 3.24. The minimum Gasteiger partial charge on any atom is -0.386 e. The Morgan fingerprint density at radius 3 is 2.68 bits per heavy atom. The summed E-state index contributed by atoms with van der Waals surface area (Å²) in [5.74, 6) is 0.974. The number of aryl methyl sites for hydroxylation is 1. The van der Waals surface area contributed by atoms with E-state index in [1.807, 2.05) is 11.5 Å². The van der Waals surface area contributed by atoms with E-state index in [-0.39, 0.29) is 24.0 Å². The third kappa shape index (κ3) is 3.72. The van der Waals surface area contributed by atoms with Gasteiger partial charge in [0.05, 0.1) is 5.60 Å². The summed E-state index contributed by atoms with van der Waals surface area (Å²) in [5, 5.41) is 10.5. The first kappa shape index (κ1) is 20.2. The van der Waals surface area contributed by atoms with Gasteiger partial charge in [-0.1, -0.05) is 25.0 Å². The molecule has 4 rings (SSSR count). The van der Waals surface area contributed by atoms with Gasteiger partial charge in [0.25, 0.3) is 0 Å². The first-order valence-corrected chi connectivity index (χ1v) is 9.20. The summed E-state index contributed by atoms with van der Waals surface area (Å²) in [6.07, 6.45) is 7.01. The third-order valence-electron chi connectivity index (χ3n) is 5.05. The highest BCUT2D eigenvalue weighted by atomic mass is 35.5. The van der Waals surface area contributed by atoms with Crippen LogP contribution in [0.3, 0.4) is 0 Å². The first-order chi connectivity index (χ1) is 13.0. The van der Waals surface area contributed by atoms with E-state index in [2.05, 4.69) is 15.0 Å². The minimum absolute atomic E-state index is 0. The molecule has 0 amide bonds. The van der Waals surface area contributed by atoms with E-state index in [1.165, 1.54) is 12.1 Å². The Morgan fingerprint density at radius 2 is 2.00 bits per heavy atom. The molecule has 1 aromatic carbocycles. The standard InChI is InChI=1S/C20H22FN5O.ClH/c1-2-26-18(13-6-5-7-14(21)12-13)25-16-17(22)23-15(24-19(16)26)8-11-20(27)9-3-4-10-20;/h5-8,11-12,27H,2-4,9-10H2,1H3,(H2,22,23,24);1H/b11-8+;. The van der Waals surface area contributed by atoms with Gasteiger partial charge in [-0.15, -0.1) is 12.4 Å². The van der Waals surface area contributed by atoms with Crippen molar-refractivity contribution < 1.29 is 9.50 Å². The zero-order valence-corrected chi connectivity index (χ0v) is 16.4. The highest BCUT2D eigenvalue weighted by molar-refractivity contribution is 5.86. The van der Waals surface area contributed by atoms with Crippen LogP contribution < -0.4 is 5.73 Å². The Labute approximate surface area is 168 Å². The Bertz CT molecular complexity index is 1030. The predicted molar refractivity (Wildman–Crippen MR) is 111 cm³/mol. The van der Waals surface area contributed by atoms with Crippen LogP contribution in [0.4, 0.5) is 10.2 Å². The molecule has 8 heteroatoms. The number of anilines is 1. The fourth-order valence-electron chi connectivity index (χ4n) is 3.64. The second kappa shape index (κ2) is 7.85. The molecule has 0 radical (unpaired) electrons. The van der Waals surface area contributed by atoms with Crippen LogP contribution in [-0.2, 0) is 6.54 Å². The molecule has 0 bridgehead atoms. The minimum atomic E-state index is -0.787. The molecule has 0 saturated heterocycles. The quantitative estimate of drug-likeness (QED) is 0.687. The molecule has 1 fully saturated rings. The Hall–Kier alpha value is -2.51. The van der Waals surface area contributed by atoms with Crippen molar-refractivity contribution in [1.82, 2.24) is 19.5 Å². The highest BCUT2D eigenvalue weighted by Gasteiger charge is 2.28. The number of aromatic nitrogens is 4. The largest absolute Gasteiger partial charge is 0.386 e. The molecule has 6 nitrogen and oxygen atoms in total. The lowest BCUT2D eigenvalue weighted by molar-refractivity contribution is 0.100. The van der Waals surface area contributed by atoms with Gasteiger partial charge in [0.1, 0.15) is 11.6 Å². The summed E-state index contributed by atoms with van der Waals surface area (Å²) < 4.78 is 15.5. The second-order valence-electron chi connectivity index (χ2n) is 6.97. The molecule has 3 N–H and O–H groups in total. The van der Waals surface area contributed by atoms with Gasteiger partial charge in [-0.05, 0) is 44.1 Å². The van der Waals surface area contributed by atoms with Crippen LogP contribution in [0.2, 0.25) is 0 Å². The number of nitrogens with zero attached hydrogens (tertiary/aromatic N) is 4. The molecule has 28 heavy (non-hydrogen) atoms. The lowest BCUT2D eigenvalue weighted by atomic mass is 10.0. The zero-order valence-electron chi connectivity index (χ0n) is 15.6. The summed E-state index contributed by atoms with van der Waals surface area (Å²) in [4.78, 5) is 13.5. The molecule has 2 aromatic heterocycles. The number of fused-ring (bicyclic) bond motifs is 1. The number of nitrogens with two attached hydrogens (primary N) is 1. The number of halogens is 2. The molecular formula is C20H23ClFN5O. The van der Waals surface area contributed by atoms with Crippen molar-refractivity contribution in [2.24, 2.45) is 0 Å². The van der Waals surface area contributed by atoms with E-state index in [1.54, 1.807) is 24.3 Å². The predicted octanol–water partition coefficient (Wildman–Crippen LogP) is 3.97. The summed E-state index contributed by atoms with van der Waals surface area (Å²) in [5.41, 5.74) is 7.09. The molecule has 0 atom stereocenters. The maximum Gasteiger partial charge on any atom is 0.166 e. The molecule has 0 unspecified atom stereocenters. The van der Waals surface area contributed by atoms with Gasteiger partial charge in [0.2, 0.25) is 0 Å². The van der Waals surface area contributed by atoms with Crippen molar-refractivity contribution in [3.05, 3.63) is 42.0 Å². The maximum atomic E-state index is 13.6. The van der Waals surface area contributed by atoms with Crippen molar-refractivity contribution in [1.29, 1.82) is 0 Å². The van der Waals surface area contributed by atoms with Crippen LogP contribution in [-0.4, -0.2) is 30.2 Å². The number of hydrogen-bond acceptors (Lipinski definition) is 5. The van der Waals surface area contributed by atoms with Gasteiger partial charge >= 0.3 is 0 Å². The van der Waals surface area contributed by atoms with Crippen LogP contribution in [0.25, 0.3) is 28.6 Å². The number of hydrogen-bond donors (Lipinski definition) is 2. The molecule has 1 saturated carbocycles. The molecule has 2 heterocycles. The van der Waals surface area contributed by atoms with E-state index in [0.717, 1.165) is 25.7 Å². The number of imidazole rings is 1. The Morgan fingerprint density at radius 1 is 1.25 bits per heavy atom. The molecule has 0 spiro atoms. The van der Waals surface area contributed by atoms with Crippen LogP contribution >= 0.6 is 12.4 Å². The van der Waals surface area contributed by atoms with Crippen molar-refractivity contribution >= 4 is 35.5 Å². The molecule has 148 valence electrons. The van der Waals surface area contributed by atoms with E-state index in [0.29, 0.717) is 34.9 Å². The van der Waals surface area contributed by atoms with E-state index in [4.69, 9.17) is 5.73 Å². The van der Waals surface area contributed by atoms with Crippen LogP contribution in [0.15, 0.2) is 30.3 Å². The van der Waals surface area contributed by atoms with Crippen LogP contribution in [0.1, 0.15) is 38.4 Å². The lowest BCUT2D eigenvalue weighted by Crippen LogP contribution is -2.19. The first-order valence-electron chi connectivity index (χ1n) is 9.20. The van der Waals surface area contributed by atoms with Crippen molar-refractivity contribution in [2.75, 3.05) is 5.73 Å². The zero-order chi connectivity index (χ0) is 19.0.